The van der Waals surface area contributed by atoms with Crippen LogP contribution in [0.2, 0.25) is 0 Å². The zero-order valence-corrected chi connectivity index (χ0v) is 11.7. The van der Waals surface area contributed by atoms with Crippen LogP contribution >= 0.6 is 11.3 Å². The van der Waals surface area contributed by atoms with Crippen molar-refractivity contribution in [3.8, 4) is 11.8 Å². The van der Waals surface area contributed by atoms with E-state index in [1.165, 1.54) is 11.3 Å². The second kappa shape index (κ2) is 6.80. The van der Waals surface area contributed by atoms with Crippen LogP contribution in [0.3, 0.4) is 0 Å². The van der Waals surface area contributed by atoms with Crippen LogP contribution in [0.25, 0.3) is 0 Å². The number of aliphatic hydroxyl groups excluding tert-OH is 1. The highest BCUT2D eigenvalue weighted by molar-refractivity contribution is 7.15. The summed E-state index contributed by atoms with van der Waals surface area (Å²) in [7, 11) is 0. The number of carbonyl (C=O) groups excluding carboxylic acids is 1. The van der Waals surface area contributed by atoms with E-state index in [0.29, 0.717) is 22.7 Å². The molecule has 2 rings (SSSR count). The molecule has 2 N–H and O–H groups in total. The summed E-state index contributed by atoms with van der Waals surface area (Å²) in [6.45, 7) is 1.83. The summed E-state index contributed by atoms with van der Waals surface area (Å²) in [6, 6.07) is 7.06. The molecule has 1 aromatic carbocycles. The Morgan fingerprint density at radius 2 is 2.20 bits per heavy atom. The summed E-state index contributed by atoms with van der Waals surface area (Å²) in [5, 5.41) is 20.4. The van der Waals surface area contributed by atoms with Gasteiger partial charge in [0.25, 0.3) is 5.91 Å². The molecule has 0 atom stereocenters. The number of aromatic nitrogens is 2. The zero-order chi connectivity index (χ0) is 14.4. The van der Waals surface area contributed by atoms with Gasteiger partial charge in [0.1, 0.15) is 5.01 Å². The number of amides is 1. The molecule has 0 bridgehead atoms. The van der Waals surface area contributed by atoms with E-state index in [4.69, 9.17) is 5.11 Å². The molecule has 0 radical (unpaired) electrons. The Balaban J connectivity index is 2.19. The first-order valence-electron chi connectivity index (χ1n) is 6.01. The number of benzene rings is 1. The highest BCUT2D eigenvalue weighted by Crippen LogP contribution is 2.16. The van der Waals surface area contributed by atoms with Gasteiger partial charge in [0.15, 0.2) is 0 Å². The second-order valence-corrected chi connectivity index (χ2v) is 5.08. The van der Waals surface area contributed by atoms with Crippen molar-refractivity contribution in [2.45, 2.75) is 13.3 Å². The van der Waals surface area contributed by atoms with E-state index in [1.807, 2.05) is 13.0 Å². The predicted molar refractivity (Wildman–Crippen MR) is 77.6 cm³/mol. The van der Waals surface area contributed by atoms with Gasteiger partial charge in [-0.3, -0.25) is 10.1 Å². The van der Waals surface area contributed by atoms with Crippen LogP contribution < -0.4 is 5.32 Å². The fourth-order valence-electron chi connectivity index (χ4n) is 1.52. The largest absolute Gasteiger partial charge is 0.395 e. The van der Waals surface area contributed by atoms with Crippen LogP contribution in [0.1, 0.15) is 27.3 Å². The summed E-state index contributed by atoms with van der Waals surface area (Å²) >= 11 is 1.31. The molecule has 102 valence electrons. The molecule has 0 saturated heterocycles. The van der Waals surface area contributed by atoms with Crippen LogP contribution in [-0.2, 0) is 0 Å². The van der Waals surface area contributed by atoms with Gasteiger partial charge in [-0.05, 0) is 19.1 Å². The maximum absolute atomic E-state index is 12.2. The van der Waals surface area contributed by atoms with Crippen LogP contribution in [-0.4, -0.2) is 27.8 Å². The van der Waals surface area contributed by atoms with E-state index in [-0.39, 0.29) is 12.5 Å². The highest BCUT2D eigenvalue weighted by Gasteiger charge is 2.11. The summed E-state index contributed by atoms with van der Waals surface area (Å²) in [4.78, 5) is 12.2. The van der Waals surface area contributed by atoms with E-state index in [1.54, 1.807) is 18.2 Å². The standard InChI is InChI=1S/C14H13N3O2S/c1-10-16-17-14(20-10)15-13(19)12-8-3-2-6-11(12)7-4-5-9-18/h2-3,6,8,18H,5,9H2,1H3,(H,15,17,19). The Labute approximate surface area is 120 Å². The number of aryl methyl sites for hydroxylation is 1. The molecule has 0 fully saturated rings. The molecule has 5 nitrogen and oxygen atoms in total. The van der Waals surface area contributed by atoms with E-state index >= 15 is 0 Å². The minimum absolute atomic E-state index is 0.00538. The molecular weight excluding hydrogens is 274 g/mol. The van der Waals surface area contributed by atoms with E-state index < -0.39 is 0 Å². The molecule has 1 heterocycles. The lowest BCUT2D eigenvalue weighted by Crippen LogP contribution is -2.13. The van der Waals surface area contributed by atoms with Crippen LogP contribution in [0.15, 0.2) is 24.3 Å². The molecule has 1 amide bonds. The third kappa shape index (κ3) is 3.63. The lowest BCUT2D eigenvalue weighted by Gasteiger charge is -2.03. The minimum Gasteiger partial charge on any atom is -0.395 e. The first-order chi connectivity index (χ1) is 9.70. The molecule has 0 aliphatic heterocycles. The molecule has 0 spiro atoms. The fraction of sp³-hybridized carbons (Fsp3) is 0.214. The number of hydrogen-bond donors (Lipinski definition) is 2. The van der Waals surface area contributed by atoms with Gasteiger partial charge in [-0.15, -0.1) is 10.2 Å². The first-order valence-corrected chi connectivity index (χ1v) is 6.82. The molecular formula is C14H13N3O2S. The third-order valence-corrected chi connectivity index (χ3v) is 3.13. The molecule has 6 heteroatoms. The van der Waals surface area contributed by atoms with Crippen LogP contribution in [0.4, 0.5) is 5.13 Å². The van der Waals surface area contributed by atoms with Crippen molar-refractivity contribution >= 4 is 22.4 Å². The SMILES string of the molecule is Cc1nnc(NC(=O)c2ccccc2C#CCCO)s1. The second-order valence-electron chi connectivity index (χ2n) is 3.90. The van der Waals surface area contributed by atoms with Gasteiger partial charge in [0.05, 0.1) is 12.2 Å². The summed E-state index contributed by atoms with van der Waals surface area (Å²) < 4.78 is 0. The zero-order valence-electron chi connectivity index (χ0n) is 10.9. The summed E-state index contributed by atoms with van der Waals surface area (Å²) in [6.07, 6.45) is 0.381. The molecule has 0 aliphatic rings. The van der Waals surface area contributed by atoms with Crippen molar-refractivity contribution in [3.63, 3.8) is 0 Å². The number of nitrogens with one attached hydrogen (secondary N) is 1. The molecule has 0 saturated carbocycles. The van der Waals surface area contributed by atoms with Gasteiger partial charge in [0.2, 0.25) is 5.13 Å². The molecule has 1 aromatic heterocycles. The quantitative estimate of drug-likeness (QED) is 0.845. The van der Waals surface area contributed by atoms with Gasteiger partial charge >= 0.3 is 0 Å². The number of hydrogen-bond acceptors (Lipinski definition) is 5. The maximum atomic E-state index is 12.2. The Morgan fingerprint density at radius 3 is 2.90 bits per heavy atom. The predicted octanol–water partition coefficient (Wildman–Crippen LogP) is 1.83. The van der Waals surface area contributed by atoms with Crippen molar-refractivity contribution in [2.24, 2.45) is 0 Å². The summed E-state index contributed by atoms with van der Waals surface area (Å²) in [5.41, 5.74) is 1.10. The van der Waals surface area contributed by atoms with Gasteiger partial charge < -0.3 is 5.11 Å². The Bertz CT molecular complexity index is 670. The van der Waals surface area contributed by atoms with Crippen LogP contribution in [0.5, 0.6) is 0 Å². The van der Waals surface area contributed by atoms with Gasteiger partial charge in [-0.1, -0.05) is 35.3 Å². The smallest absolute Gasteiger partial charge is 0.258 e. The van der Waals surface area contributed by atoms with E-state index in [9.17, 15) is 4.79 Å². The maximum Gasteiger partial charge on any atom is 0.258 e. The number of aliphatic hydroxyl groups is 1. The van der Waals surface area contributed by atoms with Gasteiger partial charge in [-0.25, -0.2) is 0 Å². The monoisotopic (exact) mass is 287 g/mol. The fourth-order valence-corrected chi connectivity index (χ4v) is 2.10. The first kappa shape index (κ1) is 14.2. The van der Waals surface area contributed by atoms with Crippen molar-refractivity contribution in [2.75, 3.05) is 11.9 Å². The van der Waals surface area contributed by atoms with E-state index in [0.717, 1.165) is 5.01 Å². The Kier molecular flexibility index (Phi) is 4.82. The van der Waals surface area contributed by atoms with Crippen molar-refractivity contribution in [1.82, 2.24) is 10.2 Å². The minimum atomic E-state index is -0.268. The topological polar surface area (TPSA) is 75.1 Å². The molecule has 2 aromatic rings. The van der Waals surface area contributed by atoms with Crippen molar-refractivity contribution in [1.29, 1.82) is 0 Å². The third-order valence-electron chi connectivity index (χ3n) is 2.38. The average Bonchev–Trinajstić information content (AvgIpc) is 2.85. The Hall–Kier alpha value is -2.23. The van der Waals surface area contributed by atoms with Crippen molar-refractivity contribution < 1.29 is 9.90 Å². The van der Waals surface area contributed by atoms with Crippen LogP contribution in [0, 0.1) is 18.8 Å². The lowest BCUT2D eigenvalue weighted by molar-refractivity contribution is 0.102. The highest BCUT2D eigenvalue weighted by atomic mass is 32.1. The average molecular weight is 287 g/mol. The number of nitrogens with zero attached hydrogens (tertiary/aromatic N) is 2. The molecule has 20 heavy (non-hydrogen) atoms. The van der Waals surface area contributed by atoms with Gasteiger partial charge in [0, 0.05) is 12.0 Å². The number of carbonyl (C=O) groups is 1. The lowest BCUT2D eigenvalue weighted by atomic mass is 10.1. The normalized spacial score (nSPS) is 9.70. The van der Waals surface area contributed by atoms with Crippen molar-refractivity contribution in [3.05, 3.63) is 40.4 Å². The number of anilines is 1. The van der Waals surface area contributed by atoms with Gasteiger partial charge in [-0.2, -0.15) is 0 Å². The molecule has 0 unspecified atom stereocenters. The summed E-state index contributed by atoms with van der Waals surface area (Å²) in [5.74, 6) is 5.42. The molecule has 0 aliphatic carbocycles. The number of rotatable bonds is 3. The Morgan fingerprint density at radius 1 is 1.40 bits per heavy atom. The van der Waals surface area contributed by atoms with E-state index in [2.05, 4.69) is 27.4 Å².